The van der Waals surface area contributed by atoms with Crippen LogP contribution >= 0.6 is 11.6 Å². The predicted octanol–water partition coefficient (Wildman–Crippen LogP) is 5.27. The SMILES string of the molecule is COc1cc(/C(O)=C2\C(=O)C(=O)N(c3cccc(OC(F)(F)F)c3)C2c2ccccn2)ccc1Cl. The van der Waals surface area contributed by atoms with E-state index in [1.807, 2.05) is 0 Å². The topological polar surface area (TPSA) is 89.0 Å². The Balaban J connectivity index is 1.90. The molecule has 1 atom stereocenters. The molecule has 0 saturated carbocycles. The van der Waals surface area contributed by atoms with Crippen molar-refractivity contribution in [2.45, 2.75) is 12.4 Å². The van der Waals surface area contributed by atoms with Gasteiger partial charge in [0.15, 0.2) is 0 Å². The van der Waals surface area contributed by atoms with E-state index in [0.29, 0.717) is 0 Å². The third-order valence-electron chi connectivity index (χ3n) is 5.17. The number of aliphatic hydroxyl groups excluding tert-OH is 1. The summed E-state index contributed by atoms with van der Waals surface area (Å²) in [6, 6.07) is 12.4. The van der Waals surface area contributed by atoms with Crippen molar-refractivity contribution in [3.63, 3.8) is 0 Å². The standard InChI is InChI=1S/C24H16ClF3N2O5/c1-34-18-11-13(8-9-16(18)25)21(31)19-20(17-7-2-3-10-29-17)30(23(33)22(19)32)14-5-4-6-15(12-14)35-24(26,27)28/h2-12,20,31H,1H3/b21-19+. The number of carbonyl (C=O) groups is 2. The first-order chi connectivity index (χ1) is 16.6. The number of amides is 1. The summed E-state index contributed by atoms with van der Waals surface area (Å²) in [5, 5.41) is 11.4. The Kier molecular flexibility index (Phi) is 6.40. The molecule has 4 rings (SSSR count). The summed E-state index contributed by atoms with van der Waals surface area (Å²) >= 11 is 6.05. The average Bonchev–Trinajstić information content (AvgIpc) is 3.09. The normalized spacial score (nSPS) is 17.5. The minimum Gasteiger partial charge on any atom is -0.507 e. The van der Waals surface area contributed by atoms with Crippen LogP contribution in [0, 0.1) is 0 Å². The number of hydrogen-bond acceptors (Lipinski definition) is 6. The Morgan fingerprint density at radius 3 is 2.51 bits per heavy atom. The number of rotatable bonds is 5. The number of carbonyl (C=O) groups excluding carboxylic acids is 2. The lowest BCUT2D eigenvalue weighted by atomic mass is 9.98. The van der Waals surface area contributed by atoms with Crippen molar-refractivity contribution in [3.8, 4) is 11.5 Å². The zero-order chi connectivity index (χ0) is 25.3. The molecular formula is C24H16ClF3N2O5. The Hall–Kier alpha value is -4.05. The second-order valence-corrected chi connectivity index (χ2v) is 7.73. The molecule has 2 heterocycles. The second kappa shape index (κ2) is 9.30. The number of hydrogen-bond donors (Lipinski definition) is 1. The van der Waals surface area contributed by atoms with Crippen molar-refractivity contribution in [2.75, 3.05) is 12.0 Å². The van der Waals surface area contributed by atoms with Gasteiger partial charge in [-0.3, -0.25) is 19.5 Å². The highest BCUT2D eigenvalue weighted by Gasteiger charge is 2.48. The van der Waals surface area contributed by atoms with Crippen LogP contribution in [0.25, 0.3) is 5.76 Å². The summed E-state index contributed by atoms with van der Waals surface area (Å²) in [6.07, 6.45) is -3.54. The highest BCUT2D eigenvalue weighted by molar-refractivity contribution is 6.51. The number of halogens is 4. The molecule has 1 unspecified atom stereocenters. The Morgan fingerprint density at radius 1 is 1.09 bits per heavy atom. The molecule has 11 heteroatoms. The van der Waals surface area contributed by atoms with E-state index in [4.69, 9.17) is 16.3 Å². The van der Waals surface area contributed by atoms with Crippen LogP contribution in [0.5, 0.6) is 11.5 Å². The summed E-state index contributed by atoms with van der Waals surface area (Å²) in [6.45, 7) is 0. The molecule has 1 aromatic heterocycles. The van der Waals surface area contributed by atoms with Gasteiger partial charge in [0.05, 0.1) is 23.4 Å². The lowest BCUT2D eigenvalue weighted by Gasteiger charge is -2.25. The zero-order valence-electron chi connectivity index (χ0n) is 17.9. The summed E-state index contributed by atoms with van der Waals surface area (Å²) in [4.78, 5) is 31.4. The minimum atomic E-state index is -4.96. The summed E-state index contributed by atoms with van der Waals surface area (Å²) in [5.41, 5.74) is -0.0203. The summed E-state index contributed by atoms with van der Waals surface area (Å²) in [5.74, 6) is -3.00. The number of ketones is 1. The van der Waals surface area contributed by atoms with E-state index in [1.165, 1.54) is 49.7 Å². The molecule has 1 saturated heterocycles. The first kappa shape index (κ1) is 24.1. The molecule has 2 aromatic carbocycles. The van der Waals surface area contributed by atoms with Gasteiger partial charge in [-0.15, -0.1) is 13.2 Å². The second-order valence-electron chi connectivity index (χ2n) is 7.32. The van der Waals surface area contributed by atoms with Gasteiger partial charge in [0.1, 0.15) is 23.3 Å². The molecule has 1 amide bonds. The molecule has 3 aromatic rings. The first-order valence-electron chi connectivity index (χ1n) is 10.0. The molecule has 7 nitrogen and oxygen atoms in total. The van der Waals surface area contributed by atoms with Crippen molar-refractivity contribution in [2.24, 2.45) is 0 Å². The maximum atomic E-state index is 13.1. The number of Topliss-reactive ketones (excluding diaryl/α,β-unsaturated/α-hetero) is 1. The summed E-state index contributed by atoms with van der Waals surface area (Å²) < 4.78 is 47.4. The van der Waals surface area contributed by atoms with Crippen molar-refractivity contribution in [1.82, 2.24) is 4.98 Å². The summed E-state index contributed by atoms with van der Waals surface area (Å²) in [7, 11) is 1.37. The highest BCUT2D eigenvalue weighted by Crippen LogP contribution is 2.43. The number of alkyl halides is 3. The molecule has 1 fully saturated rings. The fourth-order valence-electron chi connectivity index (χ4n) is 3.71. The molecule has 1 N–H and O–H groups in total. The highest BCUT2D eigenvalue weighted by atomic mass is 35.5. The smallest absolute Gasteiger partial charge is 0.507 e. The number of benzene rings is 2. The van der Waals surface area contributed by atoms with E-state index < -0.39 is 35.6 Å². The van der Waals surface area contributed by atoms with Gasteiger partial charge >= 0.3 is 6.36 Å². The Bertz CT molecular complexity index is 1330. The van der Waals surface area contributed by atoms with E-state index in [0.717, 1.165) is 17.0 Å². The number of methoxy groups -OCH3 is 1. The lowest BCUT2D eigenvalue weighted by Crippen LogP contribution is -2.30. The van der Waals surface area contributed by atoms with Crippen molar-refractivity contribution in [1.29, 1.82) is 0 Å². The first-order valence-corrected chi connectivity index (χ1v) is 10.4. The van der Waals surface area contributed by atoms with Gasteiger partial charge in [0.25, 0.3) is 11.7 Å². The number of aromatic nitrogens is 1. The van der Waals surface area contributed by atoms with Crippen molar-refractivity contribution in [3.05, 3.63) is 88.7 Å². The number of nitrogens with zero attached hydrogens (tertiary/aromatic N) is 2. The maximum absolute atomic E-state index is 13.1. The van der Waals surface area contributed by atoms with Crippen LogP contribution in [0.1, 0.15) is 17.3 Å². The molecule has 0 aliphatic carbocycles. The van der Waals surface area contributed by atoms with E-state index >= 15 is 0 Å². The van der Waals surface area contributed by atoms with Gasteiger partial charge in [-0.2, -0.15) is 0 Å². The van der Waals surface area contributed by atoms with Crippen LogP contribution in [0.2, 0.25) is 5.02 Å². The van der Waals surface area contributed by atoms with Gasteiger partial charge in [0.2, 0.25) is 0 Å². The van der Waals surface area contributed by atoms with Crippen LogP contribution in [0.4, 0.5) is 18.9 Å². The molecule has 0 radical (unpaired) electrons. The van der Waals surface area contributed by atoms with E-state index in [2.05, 4.69) is 9.72 Å². The maximum Gasteiger partial charge on any atom is 0.573 e. The number of pyridine rings is 1. The molecule has 0 spiro atoms. The minimum absolute atomic E-state index is 0.0581. The molecule has 180 valence electrons. The van der Waals surface area contributed by atoms with Crippen LogP contribution in [0.3, 0.4) is 0 Å². The molecule has 35 heavy (non-hydrogen) atoms. The fourth-order valence-corrected chi connectivity index (χ4v) is 3.90. The quantitative estimate of drug-likeness (QED) is 0.289. The number of aliphatic hydroxyl groups is 1. The van der Waals surface area contributed by atoms with E-state index in [9.17, 15) is 27.9 Å². The van der Waals surface area contributed by atoms with Crippen LogP contribution < -0.4 is 14.4 Å². The molecule has 1 aliphatic rings. The molecule has 0 bridgehead atoms. The third kappa shape index (κ3) is 4.78. The molecule has 1 aliphatic heterocycles. The van der Waals surface area contributed by atoms with E-state index in [1.54, 1.807) is 12.1 Å². The number of anilines is 1. The Labute approximate surface area is 202 Å². The third-order valence-corrected chi connectivity index (χ3v) is 5.48. The number of ether oxygens (including phenoxy) is 2. The van der Waals surface area contributed by atoms with Crippen LogP contribution in [-0.4, -0.2) is 35.3 Å². The fraction of sp³-hybridized carbons (Fsp3) is 0.125. The van der Waals surface area contributed by atoms with Crippen LogP contribution in [-0.2, 0) is 9.59 Å². The van der Waals surface area contributed by atoms with Crippen molar-refractivity contribution < 1.29 is 37.3 Å². The van der Waals surface area contributed by atoms with Crippen molar-refractivity contribution >= 4 is 34.7 Å². The van der Waals surface area contributed by atoms with Gasteiger partial charge < -0.3 is 14.6 Å². The molecular weight excluding hydrogens is 489 g/mol. The van der Waals surface area contributed by atoms with Gasteiger partial charge in [-0.1, -0.05) is 23.7 Å². The van der Waals surface area contributed by atoms with Gasteiger partial charge in [-0.05, 0) is 42.5 Å². The van der Waals surface area contributed by atoms with Gasteiger partial charge in [-0.25, -0.2) is 0 Å². The monoisotopic (exact) mass is 504 g/mol. The van der Waals surface area contributed by atoms with E-state index in [-0.39, 0.29) is 33.3 Å². The van der Waals surface area contributed by atoms with Crippen LogP contribution in [0.15, 0.2) is 72.4 Å². The largest absolute Gasteiger partial charge is 0.573 e. The zero-order valence-corrected chi connectivity index (χ0v) is 18.7. The average molecular weight is 505 g/mol. The Morgan fingerprint density at radius 2 is 1.86 bits per heavy atom. The lowest BCUT2D eigenvalue weighted by molar-refractivity contribution is -0.274. The predicted molar refractivity (Wildman–Crippen MR) is 120 cm³/mol. The van der Waals surface area contributed by atoms with Gasteiger partial charge in [0, 0.05) is 23.5 Å².